The van der Waals surface area contributed by atoms with Crippen LogP contribution in [-0.4, -0.2) is 29.4 Å². The molecule has 2 heterocycles. The highest BCUT2D eigenvalue weighted by molar-refractivity contribution is 7.89. The third-order valence-corrected chi connectivity index (χ3v) is 7.84. The number of fused-ring (bicyclic) bond motifs is 1. The summed E-state index contributed by atoms with van der Waals surface area (Å²) in [5.41, 5.74) is 2.87. The van der Waals surface area contributed by atoms with E-state index in [-0.39, 0.29) is 11.7 Å². The van der Waals surface area contributed by atoms with E-state index < -0.39 is 21.9 Å². The standard InChI is InChI=1S/C22H22FN3O3S/c23-18-8-3-7-17(13-18)21-24-22(29-25-21)20-9-4-12-26(20)30(27,28)19-11-10-15-5-1-2-6-16(15)14-19/h3,7-8,10-11,13-14,20H,1-2,4-6,9,12H2/t20-/m0/s1. The fraction of sp³-hybridized carbons (Fsp3) is 0.364. The number of nitrogens with zero attached hydrogens (tertiary/aromatic N) is 3. The first kappa shape index (κ1) is 19.4. The molecule has 2 aliphatic rings. The van der Waals surface area contributed by atoms with E-state index in [4.69, 9.17) is 4.52 Å². The minimum atomic E-state index is -3.69. The van der Waals surface area contributed by atoms with E-state index in [1.165, 1.54) is 22.0 Å². The third kappa shape index (κ3) is 3.44. The molecule has 3 aromatic rings. The fourth-order valence-corrected chi connectivity index (χ4v) is 6.10. The molecular weight excluding hydrogens is 405 g/mol. The molecule has 0 unspecified atom stereocenters. The highest BCUT2D eigenvalue weighted by Crippen LogP contribution is 2.37. The van der Waals surface area contributed by atoms with Crippen molar-refractivity contribution in [3.63, 3.8) is 0 Å². The Bertz CT molecular complexity index is 1190. The van der Waals surface area contributed by atoms with Crippen LogP contribution in [0.5, 0.6) is 0 Å². The van der Waals surface area contributed by atoms with E-state index in [2.05, 4.69) is 10.1 Å². The predicted molar refractivity (Wildman–Crippen MR) is 109 cm³/mol. The minimum absolute atomic E-state index is 0.244. The molecule has 1 atom stereocenters. The Kier molecular flexibility index (Phi) is 4.91. The molecule has 0 N–H and O–H groups in total. The van der Waals surface area contributed by atoms with E-state index in [1.807, 2.05) is 12.1 Å². The van der Waals surface area contributed by atoms with Gasteiger partial charge in [0.15, 0.2) is 0 Å². The first-order valence-electron chi connectivity index (χ1n) is 10.3. The number of aryl methyl sites for hydroxylation is 2. The predicted octanol–water partition coefficient (Wildman–Crippen LogP) is 4.28. The maximum absolute atomic E-state index is 13.5. The Morgan fingerprint density at radius 3 is 2.70 bits per heavy atom. The van der Waals surface area contributed by atoms with Crippen molar-refractivity contribution in [2.45, 2.75) is 49.5 Å². The van der Waals surface area contributed by atoms with Crippen LogP contribution in [0, 0.1) is 5.82 Å². The van der Waals surface area contributed by atoms with E-state index in [9.17, 15) is 12.8 Å². The maximum atomic E-state index is 13.5. The first-order chi connectivity index (χ1) is 14.5. The molecule has 1 aliphatic carbocycles. The Morgan fingerprint density at radius 1 is 1.03 bits per heavy atom. The summed E-state index contributed by atoms with van der Waals surface area (Å²) in [6.45, 7) is 0.405. The molecule has 1 saturated heterocycles. The van der Waals surface area contributed by atoms with Crippen molar-refractivity contribution in [3.8, 4) is 11.4 Å². The summed E-state index contributed by atoms with van der Waals surface area (Å²) in [4.78, 5) is 4.70. The van der Waals surface area contributed by atoms with Crippen molar-refractivity contribution in [2.24, 2.45) is 0 Å². The molecular formula is C22H22FN3O3S. The average molecular weight is 428 g/mol. The molecule has 30 heavy (non-hydrogen) atoms. The van der Waals surface area contributed by atoms with Gasteiger partial charge >= 0.3 is 0 Å². The normalized spacial score (nSPS) is 19.7. The average Bonchev–Trinajstić information content (AvgIpc) is 3.43. The molecule has 1 fully saturated rings. The first-order valence-corrected chi connectivity index (χ1v) is 11.7. The van der Waals surface area contributed by atoms with E-state index >= 15 is 0 Å². The molecule has 2 aromatic carbocycles. The van der Waals surface area contributed by atoms with Gasteiger partial charge in [0, 0.05) is 12.1 Å². The second kappa shape index (κ2) is 7.59. The Morgan fingerprint density at radius 2 is 1.87 bits per heavy atom. The number of halogens is 1. The lowest BCUT2D eigenvalue weighted by Gasteiger charge is -2.23. The van der Waals surface area contributed by atoms with Crippen molar-refractivity contribution in [1.82, 2.24) is 14.4 Å². The zero-order valence-corrected chi connectivity index (χ0v) is 17.2. The van der Waals surface area contributed by atoms with Gasteiger partial charge in [0.1, 0.15) is 11.9 Å². The number of sulfonamides is 1. The Balaban J connectivity index is 1.45. The monoisotopic (exact) mass is 427 g/mol. The number of benzene rings is 2. The number of hydrogen-bond acceptors (Lipinski definition) is 5. The van der Waals surface area contributed by atoms with Crippen LogP contribution in [0.2, 0.25) is 0 Å². The zero-order chi connectivity index (χ0) is 20.7. The highest BCUT2D eigenvalue weighted by atomic mass is 32.2. The van der Waals surface area contributed by atoms with Crippen LogP contribution in [0.1, 0.15) is 48.7 Å². The van der Waals surface area contributed by atoms with Crippen molar-refractivity contribution in [2.75, 3.05) is 6.54 Å². The minimum Gasteiger partial charge on any atom is -0.337 e. The van der Waals surface area contributed by atoms with E-state index in [0.29, 0.717) is 29.8 Å². The fourth-order valence-electron chi connectivity index (χ4n) is 4.40. The molecule has 1 aromatic heterocycles. The largest absolute Gasteiger partial charge is 0.337 e. The van der Waals surface area contributed by atoms with Crippen LogP contribution < -0.4 is 0 Å². The van der Waals surface area contributed by atoms with Crippen molar-refractivity contribution >= 4 is 10.0 Å². The molecule has 156 valence electrons. The molecule has 0 radical (unpaired) electrons. The summed E-state index contributed by atoms with van der Waals surface area (Å²) in [6, 6.07) is 10.9. The van der Waals surface area contributed by atoms with Crippen LogP contribution in [0.15, 0.2) is 51.9 Å². The second-order valence-electron chi connectivity index (χ2n) is 7.88. The molecule has 5 rings (SSSR count). The summed E-state index contributed by atoms with van der Waals surface area (Å²) in [7, 11) is -3.69. The lowest BCUT2D eigenvalue weighted by atomic mass is 9.92. The quantitative estimate of drug-likeness (QED) is 0.621. The van der Waals surface area contributed by atoms with Gasteiger partial charge in [-0.25, -0.2) is 12.8 Å². The molecule has 8 heteroatoms. The summed E-state index contributed by atoms with van der Waals surface area (Å²) in [5.74, 6) is 0.104. The third-order valence-electron chi connectivity index (χ3n) is 5.94. The number of aromatic nitrogens is 2. The van der Waals surface area contributed by atoms with E-state index in [0.717, 1.165) is 31.2 Å². The van der Waals surface area contributed by atoms with Gasteiger partial charge in [-0.1, -0.05) is 23.4 Å². The van der Waals surface area contributed by atoms with Gasteiger partial charge in [-0.15, -0.1) is 0 Å². The van der Waals surface area contributed by atoms with Crippen molar-refractivity contribution in [3.05, 3.63) is 65.3 Å². The van der Waals surface area contributed by atoms with Crippen molar-refractivity contribution < 1.29 is 17.3 Å². The molecule has 0 amide bonds. The maximum Gasteiger partial charge on any atom is 0.245 e. The van der Waals surface area contributed by atoms with Gasteiger partial charge in [0.2, 0.25) is 21.7 Å². The van der Waals surface area contributed by atoms with Crippen LogP contribution in [0.4, 0.5) is 4.39 Å². The van der Waals surface area contributed by atoms with Gasteiger partial charge in [0.05, 0.1) is 4.90 Å². The molecule has 0 bridgehead atoms. The Hall–Kier alpha value is -2.58. The van der Waals surface area contributed by atoms with Crippen LogP contribution >= 0.6 is 0 Å². The zero-order valence-electron chi connectivity index (χ0n) is 16.4. The molecule has 0 spiro atoms. The van der Waals surface area contributed by atoms with Crippen molar-refractivity contribution in [1.29, 1.82) is 0 Å². The summed E-state index contributed by atoms with van der Waals surface area (Å²) in [5, 5.41) is 3.94. The molecule has 0 saturated carbocycles. The number of rotatable bonds is 4. The smallest absolute Gasteiger partial charge is 0.245 e. The summed E-state index contributed by atoms with van der Waals surface area (Å²) in [6.07, 6.45) is 5.49. The van der Waals surface area contributed by atoms with Gasteiger partial charge in [-0.3, -0.25) is 0 Å². The lowest BCUT2D eigenvalue weighted by molar-refractivity contribution is 0.290. The highest BCUT2D eigenvalue weighted by Gasteiger charge is 2.39. The second-order valence-corrected chi connectivity index (χ2v) is 9.77. The number of hydrogen-bond donors (Lipinski definition) is 0. The van der Waals surface area contributed by atoms with Crippen LogP contribution in [0.3, 0.4) is 0 Å². The van der Waals surface area contributed by atoms with Crippen LogP contribution in [-0.2, 0) is 22.9 Å². The van der Waals surface area contributed by atoms with Gasteiger partial charge in [-0.05, 0) is 73.9 Å². The van der Waals surface area contributed by atoms with Crippen LogP contribution in [0.25, 0.3) is 11.4 Å². The lowest BCUT2D eigenvalue weighted by Crippen LogP contribution is -2.31. The SMILES string of the molecule is O=S(=O)(c1ccc2c(c1)CCCC2)N1CCC[C@H]1c1nc(-c2cccc(F)c2)no1. The van der Waals surface area contributed by atoms with Gasteiger partial charge in [-0.2, -0.15) is 9.29 Å². The molecule has 6 nitrogen and oxygen atoms in total. The summed E-state index contributed by atoms with van der Waals surface area (Å²) < 4.78 is 47.2. The summed E-state index contributed by atoms with van der Waals surface area (Å²) >= 11 is 0. The molecule has 1 aliphatic heterocycles. The van der Waals surface area contributed by atoms with E-state index in [1.54, 1.807) is 18.2 Å². The Labute approximate surface area is 174 Å². The van der Waals surface area contributed by atoms with Gasteiger partial charge < -0.3 is 4.52 Å². The topological polar surface area (TPSA) is 76.3 Å². The van der Waals surface area contributed by atoms with Gasteiger partial charge in [0.25, 0.3) is 0 Å².